The molecule has 2 heterocycles. The van der Waals surface area contributed by atoms with E-state index in [1.54, 1.807) is 25.6 Å². The first kappa shape index (κ1) is 14.9. The molecule has 1 amide bonds. The average Bonchev–Trinajstić information content (AvgIpc) is 3.12. The Morgan fingerprint density at radius 1 is 1.18 bits per heavy atom. The summed E-state index contributed by atoms with van der Waals surface area (Å²) in [7, 11) is 3.22. The summed E-state index contributed by atoms with van der Waals surface area (Å²) in [5.41, 5.74) is 2.21. The molecular weight excluding hydrogens is 298 g/mol. The predicted molar refractivity (Wildman–Crippen MR) is 87.1 cm³/mol. The maximum atomic E-state index is 12.4. The predicted octanol–water partition coefficient (Wildman–Crippen LogP) is 3.07. The standard InChI is InChI=1S/C17H19NO3S/c1-10-6-7-22-16(10)12-9-18-17(19)15(12)11-4-5-13(20-2)14(8-11)21-3/h4-8,12,15H,9H2,1-3H3,(H,18,19). The summed E-state index contributed by atoms with van der Waals surface area (Å²) in [5, 5.41) is 5.08. The first-order valence-corrected chi connectivity index (χ1v) is 8.07. The fourth-order valence-electron chi connectivity index (χ4n) is 3.06. The summed E-state index contributed by atoms with van der Waals surface area (Å²) in [5.74, 6) is 1.39. The highest BCUT2D eigenvalue weighted by molar-refractivity contribution is 7.10. The molecule has 116 valence electrons. The minimum Gasteiger partial charge on any atom is -0.493 e. The quantitative estimate of drug-likeness (QED) is 0.943. The summed E-state index contributed by atoms with van der Waals surface area (Å²) >= 11 is 1.72. The van der Waals surface area contributed by atoms with E-state index >= 15 is 0 Å². The molecule has 0 saturated carbocycles. The van der Waals surface area contributed by atoms with E-state index in [4.69, 9.17) is 9.47 Å². The molecule has 1 N–H and O–H groups in total. The molecule has 3 rings (SSSR count). The van der Waals surface area contributed by atoms with E-state index in [0.717, 1.165) is 5.56 Å². The van der Waals surface area contributed by atoms with Gasteiger partial charge in [0.2, 0.25) is 5.91 Å². The second-order valence-corrected chi connectivity index (χ2v) is 6.36. The molecule has 0 spiro atoms. The minimum absolute atomic E-state index is 0.0741. The summed E-state index contributed by atoms with van der Waals surface area (Å²) in [6.07, 6.45) is 0. The van der Waals surface area contributed by atoms with Crippen LogP contribution in [0.1, 0.15) is 27.8 Å². The Kier molecular flexibility index (Phi) is 4.07. The number of rotatable bonds is 4. The van der Waals surface area contributed by atoms with Crippen molar-refractivity contribution in [3.8, 4) is 11.5 Å². The molecule has 2 aromatic rings. The van der Waals surface area contributed by atoms with Gasteiger partial charge < -0.3 is 14.8 Å². The van der Waals surface area contributed by atoms with Gasteiger partial charge in [-0.2, -0.15) is 0 Å². The van der Waals surface area contributed by atoms with Gasteiger partial charge in [0, 0.05) is 17.3 Å². The van der Waals surface area contributed by atoms with Crippen LogP contribution in [-0.4, -0.2) is 26.7 Å². The number of hydrogen-bond donors (Lipinski definition) is 1. The largest absolute Gasteiger partial charge is 0.493 e. The number of carbonyl (C=O) groups excluding carboxylic acids is 1. The van der Waals surface area contributed by atoms with E-state index in [2.05, 4.69) is 23.7 Å². The molecule has 2 unspecified atom stereocenters. The van der Waals surface area contributed by atoms with E-state index < -0.39 is 0 Å². The fourth-order valence-corrected chi connectivity index (χ4v) is 4.13. The van der Waals surface area contributed by atoms with Crippen molar-refractivity contribution in [2.24, 2.45) is 0 Å². The van der Waals surface area contributed by atoms with Gasteiger partial charge >= 0.3 is 0 Å². The Bertz CT molecular complexity index is 695. The lowest BCUT2D eigenvalue weighted by molar-refractivity contribution is -0.120. The molecule has 2 atom stereocenters. The Labute approximate surface area is 134 Å². The lowest BCUT2D eigenvalue weighted by Gasteiger charge is -2.18. The van der Waals surface area contributed by atoms with Gasteiger partial charge in [0.15, 0.2) is 11.5 Å². The van der Waals surface area contributed by atoms with Crippen LogP contribution in [0.2, 0.25) is 0 Å². The zero-order valence-corrected chi connectivity index (χ0v) is 13.7. The number of benzene rings is 1. The molecule has 0 radical (unpaired) electrons. The maximum Gasteiger partial charge on any atom is 0.228 e. The number of nitrogens with one attached hydrogen (secondary N) is 1. The third-order valence-electron chi connectivity index (χ3n) is 4.19. The Hall–Kier alpha value is -2.01. The number of amides is 1. The molecule has 1 saturated heterocycles. The Morgan fingerprint density at radius 3 is 2.59 bits per heavy atom. The summed E-state index contributed by atoms with van der Waals surface area (Å²) < 4.78 is 10.6. The van der Waals surface area contributed by atoms with Crippen molar-refractivity contribution in [3.63, 3.8) is 0 Å². The van der Waals surface area contributed by atoms with Crippen LogP contribution >= 0.6 is 11.3 Å². The Morgan fingerprint density at radius 2 is 1.95 bits per heavy atom. The van der Waals surface area contributed by atoms with E-state index in [9.17, 15) is 4.79 Å². The van der Waals surface area contributed by atoms with Crippen molar-refractivity contribution in [1.29, 1.82) is 0 Å². The van der Waals surface area contributed by atoms with Gasteiger partial charge in [-0.05, 0) is 41.6 Å². The van der Waals surface area contributed by atoms with Crippen LogP contribution in [0.3, 0.4) is 0 Å². The zero-order valence-electron chi connectivity index (χ0n) is 12.9. The second-order valence-electron chi connectivity index (χ2n) is 5.41. The van der Waals surface area contributed by atoms with Crippen LogP contribution in [0, 0.1) is 6.92 Å². The third-order valence-corrected chi connectivity index (χ3v) is 5.34. The highest BCUT2D eigenvalue weighted by Gasteiger charge is 2.38. The average molecular weight is 317 g/mol. The third kappa shape index (κ3) is 2.46. The van der Waals surface area contributed by atoms with E-state index in [1.807, 2.05) is 18.2 Å². The summed E-state index contributed by atoms with van der Waals surface area (Å²) in [4.78, 5) is 13.6. The SMILES string of the molecule is COc1ccc(C2C(=O)NCC2c2sccc2C)cc1OC. The van der Waals surface area contributed by atoms with Crippen molar-refractivity contribution < 1.29 is 14.3 Å². The number of thiophene rings is 1. The molecular formula is C17H19NO3S. The van der Waals surface area contributed by atoms with Crippen molar-refractivity contribution in [1.82, 2.24) is 5.32 Å². The van der Waals surface area contributed by atoms with E-state index in [-0.39, 0.29) is 17.7 Å². The van der Waals surface area contributed by atoms with Gasteiger partial charge in [-0.3, -0.25) is 4.79 Å². The smallest absolute Gasteiger partial charge is 0.228 e. The highest BCUT2D eigenvalue weighted by atomic mass is 32.1. The minimum atomic E-state index is -0.183. The monoisotopic (exact) mass is 317 g/mol. The van der Waals surface area contributed by atoms with Crippen LogP contribution in [0.5, 0.6) is 11.5 Å². The zero-order chi connectivity index (χ0) is 15.7. The number of ether oxygens (including phenoxy) is 2. The van der Waals surface area contributed by atoms with Gasteiger partial charge in [0.1, 0.15) is 0 Å². The van der Waals surface area contributed by atoms with Crippen molar-refractivity contribution >= 4 is 17.2 Å². The fraction of sp³-hybridized carbons (Fsp3) is 0.353. The highest BCUT2D eigenvalue weighted by Crippen LogP contribution is 2.42. The molecule has 5 heteroatoms. The molecule has 1 fully saturated rings. The van der Waals surface area contributed by atoms with Crippen molar-refractivity contribution in [2.45, 2.75) is 18.8 Å². The molecule has 0 bridgehead atoms. The topological polar surface area (TPSA) is 47.6 Å². The number of carbonyl (C=O) groups is 1. The van der Waals surface area contributed by atoms with Crippen molar-refractivity contribution in [3.05, 3.63) is 45.6 Å². The lowest BCUT2D eigenvalue weighted by atomic mass is 9.86. The molecule has 4 nitrogen and oxygen atoms in total. The molecule has 1 aliphatic rings. The van der Waals surface area contributed by atoms with Crippen LogP contribution in [0.4, 0.5) is 0 Å². The summed E-state index contributed by atoms with van der Waals surface area (Å²) in [6.45, 7) is 2.78. The first-order chi connectivity index (χ1) is 10.7. The molecule has 1 aromatic carbocycles. The number of aryl methyl sites for hydroxylation is 1. The second kappa shape index (κ2) is 6.01. The summed E-state index contributed by atoms with van der Waals surface area (Å²) in [6, 6.07) is 7.82. The normalized spacial score (nSPS) is 20.8. The van der Waals surface area contributed by atoms with Crippen LogP contribution in [0.15, 0.2) is 29.6 Å². The lowest BCUT2D eigenvalue weighted by Crippen LogP contribution is -2.18. The van der Waals surface area contributed by atoms with Crippen LogP contribution in [0.25, 0.3) is 0 Å². The maximum absolute atomic E-state index is 12.4. The first-order valence-electron chi connectivity index (χ1n) is 7.19. The van der Waals surface area contributed by atoms with Gasteiger partial charge in [0.25, 0.3) is 0 Å². The molecule has 1 aromatic heterocycles. The van der Waals surface area contributed by atoms with Gasteiger partial charge in [-0.15, -0.1) is 11.3 Å². The Balaban J connectivity index is 2.01. The molecule has 1 aliphatic heterocycles. The number of hydrogen-bond acceptors (Lipinski definition) is 4. The van der Waals surface area contributed by atoms with Gasteiger partial charge in [-0.25, -0.2) is 0 Å². The number of methoxy groups -OCH3 is 2. The molecule has 22 heavy (non-hydrogen) atoms. The van der Waals surface area contributed by atoms with E-state index in [0.29, 0.717) is 18.0 Å². The van der Waals surface area contributed by atoms with Gasteiger partial charge in [0.05, 0.1) is 20.1 Å². The van der Waals surface area contributed by atoms with E-state index in [1.165, 1.54) is 10.4 Å². The van der Waals surface area contributed by atoms with Crippen molar-refractivity contribution in [2.75, 3.05) is 20.8 Å². The van der Waals surface area contributed by atoms with Gasteiger partial charge in [-0.1, -0.05) is 6.07 Å². The molecule has 0 aliphatic carbocycles. The van der Waals surface area contributed by atoms with Crippen LogP contribution < -0.4 is 14.8 Å². The van der Waals surface area contributed by atoms with Crippen LogP contribution in [-0.2, 0) is 4.79 Å².